The number of ether oxygens (including phenoxy) is 1. The Morgan fingerprint density at radius 1 is 1.24 bits per heavy atom. The molecule has 10 heteroatoms. The van der Waals surface area contributed by atoms with E-state index in [1.54, 1.807) is 11.6 Å². The largest absolute Gasteiger partial charge is 0.459 e. The van der Waals surface area contributed by atoms with E-state index in [2.05, 4.69) is 30.7 Å². The van der Waals surface area contributed by atoms with Crippen LogP contribution < -0.4 is 10.6 Å². The average molecular weight is 393 g/mol. The van der Waals surface area contributed by atoms with Crippen molar-refractivity contribution in [1.82, 2.24) is 25.1 Å². The molecule has 0 fully saturated rings. The number of hydrogen-bond donors (Lipinski definition) is 2. The average Bonchev–Trinajstić information content (AvgIpc) is 3.37. The first-order valence-corrected chi connectivity index (χ1v) is 9.18. The van der Waals surface area contributed by atoms with Crippen molar-refractivity contribution in [3.05, 3.63) is 41.7 Å². The van der Waals surface area contributed by atoms with Gasteiger partial charge in [-0.15, -0.1) is 0 Å². The zero-order valence-corrected chi connectivity index (χ0v) is 16.0. The number of carbonyl (C=O) groups excluding carboxylic acids is 2. The van der Waals surface area contributed by atoms with E-state index in [-0.39, 0.29) is 12.4 Å². The minimum atomic E-state index is -0.991. The molecule has 4 rings (SSSR count). The number of carbonyl (C=O) groups is 2. The maximum Gasteiger partial charge on any atom is 0.397 e. The first kappa shape index (κ1) is 18.5. The molecule has 0 saturated carbocycles. The standard InChI is InChI=1S/C19H19N7O3/c1-3-29-19(28)18(27)24-16-14(15-20-9-10-21-15)22-13-11(2)25-26(17(13)23-16)12-7-5-4-6-8-12/h4-8H,3,9-10H2,1-2H3,(H,20,21)(H,23,24,27). The van der Waals surface area contributed by atoms with Crippen LogP contribution in [0.1, 0.15) is 18.3 Å². The van der Waals surface area contributed by atoms with E-state index in [0.29, 0.717) is 41.5 Å². The van der Waals surface area contributed by atoms with Gasteiger partial charge >= 0.3 is 11.9 Å². The Hall–Kier alpha value is -3.82. The van der Waals surface area contributed by atoms with Crippen LogP contribution in [-0.4, -0.2) is 57.2 Å². The molecule has 0 unspecified atom stereocenters. The summed E-state index contributed by atoms with van der Waals surface area (Å²) >= 11 is 0. The SMILES string of the molecule is CCOC(=O)C(=O)Nc1nc2c(nc1C1=NCCN1)c(C)nn2-c1ccccc1. The Bertz CT molecular complexity index is 1120. The number of amidine groups is 1. The van der Waals surface area contributed by atoms with Gasteiger partial charge in [-0.3, -0.25) is 15.1 Å². The van der Waals surface area contributed by atoms with Crippen LogP contribution in [0.3, 0.4) is 0 Å². The highest BCUT2D eigenvalue weighted by Crippen LogP contribution is 2.23. The van der Waals surface area contributed by atoms with E-state index >= 15 is 0 Å². The summed E-state index contributed by atoms with van der Waals surface area (Å²) in [5, 5.41) is 10.2. The van der Waals surface area contributed by atoms with Crippen LogP contribution in [0, 0.1) is 6.92 Å². The van der Waals surface area contributed by atoms with Crippen molar-refractivity contribution in [2.24, 2.45) is 4.99 Å². The lowest BCUT2D eigenvalue weighted by Crippen LogP contribution is -2.29. The summed E-state index contributed by atoms with van der Waals surface area (Å²) in [5.41, 5.74) is 2.86. The lowest BCUT2D eigenvalue weighted by molar-refractivity contribution is -0.152. The predicted octanol–water partition coefficient (Wildman–Crippen LogP) is 0.975. The lowest BCUT2D eigenvalue weighted by atomic mass is 10.3. The number of fused-ring (bicyclic) bond motifs is 1. The molecule has 2 N–H and O–H groups in total. The summed E-state index contributed by atoms with van der Waals surface area (Å²) in [6, 6.07) is 9.46. The summed E-state index contributed by atoms with van der Waals surface area (Å²) in [4.78, 5) is 37.6. The van der Waals surface area contributed by atoms with Crippen molar-refractivity contribution in [3.8, 4) is 5.69 Å². The van der Waals surface area contributed by atoms with Crippen LogP contribution in [0.2, 0.25) is 0 Å². The van der Waals surface area contributed by atoms with Crippen molar-refractivity contribution in [3.63, 3.8) is 0 Å². The van der Waals surface area contributed by atoms with Crippen LogP contribution in [0.15, 0.2) is 35.3 Å². The molecule has 0 bridgehead atoms. The number of nitrogens with one attached hydrogen (secondary N) is 2. The molecular weight excluding hydrogens is 374 g/mol. The number of aromatic nitrogens is 4. The fourth-order valence-electron chi connectivity index (χ4n) is 2.97. The highest BCUT2D eigenvalue weighted by Gasteiger charge is 2.24. The van der Waals surface area contributed by atoms with Crippen molar-refractivity contribution in [1.29, 1.82) is 0 Å². The third-order valence-electron chi connectivity index (χ3n) is 4.26. The molecule has 0 saturated heterocycles. The Morgan fingerprint density at radius 3 is 2.72 bits per heavy atom. The molecule has 1 aromatic carbocycles. The molecule has 29 heavy (non-hydrogen) atoms. The van der Waals surface area contributed by atoms with Gasteiger partial charge in [-0.25, -0.2) is 19.4 Å². The summed E-state index contributed by atoms with van der Waals surface area (Å²) in [6.07, 6.45) is 0. The van der Waals surface area contributed by atoms with E-state index in [1.165, 1.54) is 0 Å². The van der Waals surface area contributed by atoms with Crippen molar-refractivity contribution < 1.29 is 14.3 Å². The van der Waals surface area contributed by atoms with Gasteiger partial charge in [0.25, 0.3) is 0 Å². The molecule has 1 amide bonds. The second kappa shape index (κ2) is 7.66. The van der Waals surface area contributed by atoms with Gasteiger partial charge in [0.15, 0.2) is 17.3 Å². The zero-order valence-electron chi connectivity index (χ0n) is 16.0. The van der Waals surface area contributed by atoms with Crippen molar-refractivity contribution >= 4 is 34.7 Å². The smallest absolute Gasteiger partial charge is 0.397 e. The number of aryl methyl sites for hydroxylation is 1. The van der Waals surface area contributed by atoms with Crippen LogP contribution in [-0.2, 0) is 14.3 Å². The topological polar surface area (TPSA) is 123 Å². The van der Waals surface area contributed by atoms with E-state index in [1.807, 2.05) is 37.3 Å². The fraction of sp³-hybridized carbons (Fsp3) is 0.263. The molecule has 0 spiro atoms. The second-order valence-electron chi connectivity index (χ2n) is 6.26. The van der Waals surface area contributed by atoms with Gasteiger partial charge in [0.1, 0.15) is 11.2 Å². The highest BCUT2D eigenvalue weighted by molar-refractivity contribution is 6.37. The van der Waals surface area contributed by atoms with Gasteiger partial charge in [-0.2, -0.15) is 5.10 Å². The molecule has 3 aromatic rings. The zero-order chi connectivity index (χ0) is 20.4. The lowest BCUT2D eigenvalue weighted by Gasteiger charge is -2.11. The van der Waals surface area contributed by atoms with Crippen LogP contribution >= 0.6 is 0 Å². The molecule has 1 aliphatic heterocycles. The predicted molar refractivity (Wildman–Crippen MR) is 106 cm³/mol. The summed E-state index contributed by atoms with van der Waals surface area (Å²) < 4.78 is 6.41. The highest BCUT2D eigenvalue weighted by atomic mass is 16.5. The number of esters is 1. The number of hydrogen-bond acceptors (Lipinski definition) is 8. The molecule has 10 nitrogen and oxygen atoms in total. The van der Waals surface area contributed by atoms with Crippen LogP contribution in [0.4, 0.5) is 5.82 Å². The summed E-state index contributed by atoms with van der Waals surface area (Å²) in [7, 11) is 0. The molecule has 1 aliphatic rings. The molecule has 2 aromatic heterocycles. The van der Waals surface area contributed by atoms with Gasteiger partial charge in [-0.1, -0.05) is 18.2 Å². The van der Waals surface area contributed by atoms with Gasteiger partial charge in [0, 0.05) is 6.54 Å². The van der Waals surface area contributed by atoms with Crippen molar-refractivity contribution in [2.75, 3.05) is 25.0 Å². The van der Waals surface area contributed by atoms with Crippen LogP contribution in [0.5, 0.6) is 0 Å². The quantitative estimate of drug-likeness (QED) is 0.500. The molecule has 0 atom stereocenters. The number of amides is 1. The Labute approximate surface area is 166 Å². The third kappa shape index (κ3) is 3.51. The minimum Gasteiger partial charge on any atom is -0.459 e. The van der Waals surface area contributed by atoms with E-state index in [0.717, 1.165) is 5.69 Å². The Balaban J connectivity index is 1.85. The number of aliphatic imine (C=N–C) groups is 1. The molecule has 0 radical (unpaired) electrons. The summed E-state index contributed by atoms with van der Waals surface area (Å²) in [6.45, 7) is 4.80. The third-order valence-corrected chi connectivity index (χ3v) is 4.26. The van der Waals surface area contributed by atoms with Gasteiger partial charge in [-0.05, 0) is 26.0 Å². The van der Waals surface area contributed by atoms with E-state index in [4.69, 9.17) is 4.74 Å². The maximum atomic E-state index is 12.2. The maximum absolute atomic E-state index is 12.2. The molecule has 148 valence electrons. The first-order valence-electron chi connectivity index (χ1n) is 9.18. The van der Waals surface area contributed by atoms with Gasteiger partial charge in [0.2, 0.25) is 0 Å². The monoisotopic (exact) mass is 393 g/mol. The van der Waals surface area contributed by atoms with Crippen molar-refractivity contribution in [2.45, 2.75) is 13.8 Å². The Kier molecular flexibility index (Phi) is 4.90. The van der Waals surface area contributed by atoms with Gasteiger partial charge in [0.05, 0.1) is 24.5 Å². The normalized spacial score (nSPS) is 13.1. The number of para-hydroxylation sites is 1. The molecule has 0 aliphatic carbocycles. The first-order chi connectivity index (χ1) is 14.1. The summed E-state index contributed by atoms with van der Waals surface area (Å²) in [5.74, 6) is -1.30. The fourth-order valence-corrected chi connectivity index (χ4v) is 2.97. The number of rotatable bonds is 4. The van der Waals surface area contributed by atoms with Crippen LogP contribution in [0.25, 0.3) is 16.9 Å². The van der Waals surface area contributed by atoms with Gasteiger partial charge < -0.3 is 10.1 Å². The molecule has 3 heterocycles. The van der Waals surface area contributed by atoms with E-state index < -0.39 is 11.9 Å². The van der Waals surface area contributed by atoms with E-state index in [9.17, 15) is 9.59 Å². The molecular formula is C19H19N7O3. The Morgan fingerprint density at radius 2 is 2.03 bits per heavy atom. The second-order valence-corrected chi connectivity index (χ2v) is 6.26. The minimum absolute atomic E-state index is 0.0953. The number of benzene rings is 1. The number of anilines is 1. The number of nitrogens with zero attached hydrogens (tertiary/aromatic N) is 5.